The number of carbonyl (C=O) groups excluding carboxylic acids is 1. The summed E-state index contributed by atoms with van der Waals surface area (Å²) in [6.45, 7) is 4.88. The Balaban J connectivity index is 1.64. The molecule has 6 nitrogen and oxygen atoms in total. The molecule has 1 aromatic rings. The Hall–Kier alpha value is -1.60. The van der Waals surface area contributed by atoms with Crippen molar-refractivity contribution in [3.8, 4) is 0 Å². The zero-order valence-corrected chi connectivity index (χ0v) is 15.6. The van der Waals surface area contributed by atoms with Crippen LogP contribution in [0.1, 0.15) is 39.0 Å². The SMILES string of the molecule is CC1CCN(S(=O)(=O)c2ccc(NC(=O)N3CCCCC3)cc2)CC1. The van der Waals surface area contributed by atoms with Crippen LogP contribution in [0.5, 0.6) is 0 Å². The quantitative estimate of drug-likeness (QED) is 0.895. The van der Waals surface area contributed by atoms with Crippen molar-refractivity contribution >= 4 is 21.7 Å². The summed E-state index contributed by atoms with van der Waals surface area (Å²) in [7, 11) is -3.44. The first-order valence-corrected chi connectivity index (χ1v) is 10.6. The van der Waals surface area contributed by atoms with Gasteiger partial charge in [-0.2, -0.15) is 4.31 Å². The fraction of sp³-hybridized carbons (Fsp3) is 0.611. The van der Waals surface area contributed by atoms with E-state index in [0.29, 0.717) is 24.7 Å². The van der Waals surface area contributed by atoms with Crippen LogP contribution in [0.2, 0.25) is 0 Å². The summed E-state index contributed by atoms with van der Waals surface area (Å²) in [4.78, 5) is 14.3. The van der Waals surface area contributed by atoms with Crippen molar-refractivity contribution in [2.24, 2.45) is 5.92 Å². The van der Waals surface area contributed by atoms with Crippen LogP contribution in [0, 0.1) is 5.92 Å². The van der Waals surface area contributed by atoms with E-state index in [2.05, 4.69) is 12.2 Å². The van der Waals surface area contributed by atoms with Gasteiger partial charge in [0.2, 0.25) is 10.0 Å². The molecule has 2 aliphatic heterocycles. The van der Waals surface area contributed by atoms with Gasteiger partial charge in [-0.05, 0) is 62.3 Å². The van der Waals surface area contributed by atoms with E-state index >= 15 is 0 Å². The molecule has 1 N–H and O–H groups in total. The van der Waals surface area contributed by atoms with Crippen molar-refractivity contribution in [3.05, 3.63) is 24.3 Å². The number of carbonyl (C=O) groups is 1. The van der Waals surface area contributed by atoms with Gasteiger partial charge in [-0.15, -0.1) is 0 Å². The number of nitrogens with zero attached hydrogens (tertiary/aromatic N) is 2. The summed E-state index contributed by atoms with van der Waals surface area (Å²) in [5.74, 6) is 0.582. The average Bonchev–Trinajstić information content (AvgIpc) is 2.63. The number of likely N-dealkylation sites (tertiary alicyclic amines) is 1. The Morgan fingerprint density at radius 2 is 1.60 bits per heavy atom. The number of nitrogens with one attached hydrogen (secondary N) is 1. The molecule has 2 aliphatic rings. The fourth-order valence-corrected chi connectivity index (χ4v) is 4.85. The molecule has 1 aromatic carbocycles. The first kappa shape index (κ1) is 18.2. The van der Waals surface area contributed by atoms with Crippen LogP contribution in [-0.4, -0.2) is 49.8 Å². The van der Waals surface area contributed by atoms with Gasteiger partial charge < -0.3 is 10.2 Å². The Bertz CT molecular complexity index is 689. The number of amides is 2. The fourth-order valence-electron chi connectivity index (χ4n) is 3.38. The standard InChI is InChI=1S/C18H27N3O3S/c1-15-9-13-21(14-10-15)25(23,24)17-7-5-16(6-8-17)19-18(22)20-11-3-2-4-12-20/h5-8,15H,2-4,9-14H2,1H3,(H,19,22). The largest absolute Gasteiger partial charge is 0.325 e. The van der Waals surface area contributed by atoms with Gasteiger partial charge in [-0.3, -0.25) is 0 Å². The van der Waals surface area contributed by atoms with Gasteiger partial charge in [0.05, 0.1) is 4.90 Å². The van der Waals surface area contributed by atoms with Gasteiger partial charge in [0, 0.05) is 31.9 Å². The molecule has 0 saturated carbocycles. The highest BCUT2D eigenvalue weighted by Gasteiger charge is 2.28. The van der Waals surface area contributed by atoms with Gasteiger partial charge in [0.1, 0.15) is 0 Å². The smallest absolute Gasteiger partial charge is 0.321 e. The van der Waals surface area contributed by atoms with Crippen molar-refractivity contribution in [2.45, 2.75) is 43.9 Å². The Labute approximate surface area is 150 Å². The lowest BCUT2D eigenvalue weighted by Gasteiger charge is -2.29. The molecule has 138 valence electrons. The minimum atomic E-state index is -3.44. The van der Waals surface area contributed by atoms with E-state index in [1.54, 1.807) is 28.6 Å². The van der Waals surface area contributed by atoms with Gasteiger partial charge in [-0.1, -0.05) is 6.92 Å². The van der Waals surface area contributed by atoms with Gasteiger partial charge >= 0.3 is 6.03 Å². The van der Waals surface area contributed by atoms with Crippen LogP contribution in [0.4, 0.5) is 10.5 Å². The number of hydrogen-bond acceptors (Lipinski definition) is 3. The molecular formula is C18H27N3O3S. The molecule has 2 fully saturated rings. The van der Waals surface area contributed by atoms with Gasteiger partial charge in [0.15, 0.2) is 0 Å². The molecule has 2 saturated heterocycles. The van der Waals surface area contributed by atoms with Crippen molar-refractivity contribution in [1.29, 1.82) is 0 Å². The zero-order chi connectivity index (χ0) is 17.9. The molecule has 3 rings (SSSR count). The Morgan fingerprint density at radius 3 is 2.20 bits per heavy atom. The lowest BCUT2D eigenvalue weighted by Crippen LogP contribution is -2.38. The summed E-state index contributed by atoms with van der Waals surface area (Å²) in [6.07, 6.45) is 5.07. The maximum Gasteiger partial charge on any atom is 0.321 e. The Morgan fingerprint density at radius 1 is 1.00 bits per heavy atom. The molecule has 2 heterocycles. The van der Waals surface area contributed by atoms with E-state index in [4.69, 9.17) is 0 Å². The average molecular weight is 365 g/mol. The third kappa shape index (κ3) is 4.33. The Kier molecular flexibility index (Phi) is 5.64. The number of rotatable bonds is 3. The molecule has 0 radical (unpaired) electrons. The molecule has 7 heteroatoms. The highest BCUT2D eigenvalue weighted by Crippen LogP contribution is 2.24. The summed E-state index contributed by atoms with van der Waals surface area (Å²) in [6, 6.07) is 6.39. The molecule has 0 atom stereocenters. The minimum Gasteiger partial charge on any atom is -0.325 e. The number of urea groups is 1. The maximum atomic E-state index is 12.7. The second-order valence-electron chi connectivity index (χ2n) is 7.09. The second-order valence-corrected chi connectivity index (χ2v) is 9.03. The molecule has 0 bridgehead atoms. The zero-order valence-electron chi connectivity index (χ0n) is 14.8. The minimum absolute atomic E-state index is 0.111. The number of anilines is 1. The summed E-state index contributed by atoms with van der Waals surface area (Å²) in [5, 5.41) is 2.85. The number of hydrogen-bond donors (Lipinski definition) is 1. The summed E-state index contributed by atoms with van der Waals surface area (Å²) < 4.78 is 27.0. The lowest BCUT2D eigenvalue weighted by atomic mass is 10.0. The molecule has 0 aromatic heterocycles. The normalized spacial score (nSPS) is 20.4. The van der Waals surface area contributed by atoms with Crippen molar-refractivity contribution in [1.82, 2.24) is 9.21 Å². The van der Waals surface area contributed by atoms with E-state index < -0.39 is 10.0 Å². The maximum absolute atomic E-state index is 12.7. The molecular weight excluding hydrogens is 338 g/mol. The highest BCUT2D eigenvalue weighted by atomic mass is 32.2. The third-order valence-electron chi connectivity index (χ3n) is 5.13. The van der Waals surface area contributed by atoms with Crippen LogP contribution < -0.4 is 5.32 Å². The molecule has 2 amide bonds. The van der Waals surface area contributed by atoms with E-state index in [9.17, 15) is 13.2 Å². The van der Waals surface area contributed by atoms with Gasteiger partial charge in [-0.25, -0.2) is 13.2 Å². The first-order valence-electron chi connectivity index (χ1n) is 9.13. The molecule has 0 spiro atoms. The number of piperidine rings is 2. The van der Waals surface area contributed by atoms with E-state index in [1.807, 2.05) is 4.90 Å². The second kappa shape index (κ2) is 7.74. The van der Waals surface area contributed by atoms with Crippen LogP contribution >= 0.6 is 0 Å². The van der Waals surface area contributed by atoms with Crippen molar-refractivity contribution in [3.63, 3.8) is 0 Å². The number of sulfonamides is 1. The summed E-state index contributed by atoms with van der Waals surface area (Å²) >= 11 is 0. The van der Waals surface area contributed by atoms with Gasteiger partial charge in [0.25, 0.3) is 0 Å². The lowest BCUT2D eigenvalue weighted by molar-refractivity contribution is 0.200. The third-order valence-corrected chi connectivity index (χ3v) is 7.04. The first-order chi connectivity index (χ1) is 12.0. The van der Waals surface area contributed by atoms with Crippen LogP contribution in [0.15, 0.2) is 29.2 Å². The van der Waals surface area contributed by atoms with E-state index in [-0.39, 0.29) is 10.9 Å². The summed E-state index contributed by atoms with van der Waals surface area (Å²) in [5.41, 5.74) is 0.627. The van der Waals surface area contributed by atoms with E-state index in [1.165, 1.54) is 6.42 Å². The van der Waals surface area contributed by atoms with Crippen molar-refractivity contribution in [2.75, 3.05) is 31.5 Å². The topological polar surface area (TPSA) is 69.7 Å². The van der Waals surface area contributed by atoms with Crippen LogP contribution in [0.25, 0.3) is 0 Å². The van der Waals surface area contributed by atoms with Crippen molar-refractivity contribution < 1.29 is 13.2 Å². The predicted octanol–water partition coefficient (Wildman–Crippen LogP) is 3.13. The molecule has 0 aliphatic carbocycles. The highest BCUT2D eigenvalue weighted by molar-refractivity contribution is 7.89. The van der Waals surface area contributed by atoms with E-state index in [0.717, 1.165) is 38.8 Å². The van der Waals surface area contributed by atoms with Crippen LogP contribution in [-0.2, 0) is 10.0 Å². The number of benzene rings is 1. The molecule has 25 heavy (non-hydrogen) atoms. The van der Waals surface area contributed by atoms with Crippen LogP contribution in [0.3, 0.4) is 0 Å². The predicted molar refractivity (Wildman–Crippen MR) is 98.0 cm³/mol. The monoisotopic (exact) mass is 365 g/mol. The molecule has 0 unspecified atom stereocenters.